The van der Waals surface area contributed by atoms with Gasteiger partial charge in [-0.1, -0.05) is 58.3 Å². The number of unbranched alkanes of at least 4 members (excludes halogenated alkanes) is 9. The molecule has 0 aliphatic rings. The summed E-state index contributed by atoms with van der Waals surface area (Å²) in [5.41, 5.74) is 6.51. The summed E-state index contributed by atoms with van der Waals surface area (Å²) in [6, 6.07) is 3.94. The van der Waals surface area contributed by atoms with Gasteiger partial charge >= 0.3 is 0 Å². The summed E-state index contributed by atoms with van der Waals surface area (Å²) in [5.74, 6) is 0. The maximum absolute atomic E-state index is 5.67. The molecule has 108 valence electrons. The summed E-state index contributed by atoms with van der Waals surface area (Å²) >= 11 is 0. The summed E-state index contributed by atoms with van der Waals surface area (Å²) in [4.78, 5) is 0. The van der Waals surface area contributed by atoms with E-state index in [9.17, 15) is 0 Å². The molecule has 0 saturated carbocycles. The number of anilines is 1. The summed E-state index contributed by atoms with van der Waals surface area (Å²) in [5, 5.41) is 0. The number of nitrogens with zero attached hydrogens (tertiary/aromatic N) is 1. The lowest BCUT2D eigenvalue weighted by molar-refractivity contribution is -0.697. The Balaban J connectivity index is 1.87. The van der Waals surface area contributed by atoms with Crippen molar-refractivity contribution in [1.82, 2.24) is 0 Å². The molecule has 0 aromatic carbocycles. The smallest absolute Gasteiger partial charge is 0.170 e. The van der Waals surface area contributed by atoms with Crippen LogP contribution in [-0.2, 0) is 6.54 Å². The Morgan fingerprint density at radius 2 is 1.26 bits per heavy atom. The van der Waals surface area contributed by atoms with Gasteiger partial charge in [-0.25, -0.2) is 4.57 Å². The Morgan fingerprint density at radius 1 is 0.789 bits per heavy atom. The van der Waals surface area contributed by atoms with Crippen molar-refractivity contribution < 1.29 is 4.57 Å². The van der Waals surface area contributed by atoms with Crippen LogP contribution in [0.15, 0.2) is 24.5 Å². The van der Waals surface area contributed by atoms with Gasteiger partial charge in [-0.05, 0) is 6.42 Å². The molecule has 2 heteroatoms. The van der Waals surface area contributed by atoms with Crippen molar-refractivity contribution in [2.75, 3.05) is 5.73 Å². The number of aromatic nitrogens is 1. The molecule has 19 heavy (non-hydrogen) atoms. The van der Waals surface area contributed by atoms with Crippen LogP contribution in [-0.4, -0.2) is 0 Å². The van der Waals surface area contributed by atoms with Crippen molar-refractivity contribution in [3.63, 3.8) is 0 Å². The van der Waals surface area contributed by atoms with Gasteiger partial charge in [-0.3, -0.25) is 0 Å². The predicted molar refractivity (Wildman–Crippen MR) is 82.9 cm³/mol. The van der Waals surface area contributed by atoms with Gasteiger partial charge in [-0.15, -0.1) is 0 Å². The highest BCUT2D eigenvalue weighted by Gasteiger charge is 1.99. The summed E-state index contributed by atoms with van der Waals surface area (Å²) in [6.45, 7) is 3.40. The molecule has 2 nitrogen and oxygen atoms in total. The monoisotopic (exact) mass is 263 g/mol. The van der Waals surface area contributed by atoms with Gasteiger partial charge in [0.05, 0.1) is 0 Å². The molecule has 0 aliphatic carbocycles. The largest absolute Gasteiger partial charge is 0.398 e. The molecule has 0 saturated heterocycles. The van der Waals surface area contributed by atoms with Gasteiger partial charge in [0.15, 0.2) is 12.4 Å². The maximum atomic E-state index is 5.67. The molecule has 0 spiro atoms. The number of nitrogen functional groups attached to an aromatic ring is 1. The van der Waals surface area contributed by atoms with Crippen LogP contribution in [0.3, 0.4) is 0 Å². The Labute approximate surface area is 119 Å². The lowest BCUT2D eigenvalue weighted by Gasteiger charge is -2.01. The first kappa shape index (κ1) is 16.0. The van der Waals surface area contributed by atoms with Crippen molar-refractivity contribution in [3.8, 4) is 0 Å². The van der Waals surface area contributed by atoms with Crippen LogP contribution in [0, 0.1) is 0 Å². The van der Waals surface area contributed by atoms with Gasteiger partial charge in [0, 0.05) is 24.2 Å². The van der Waals surface area contributed by atoms with E-state index >= 15 is 0 Å². The normalized spacial score (nSPS) is 10.8. The van der Waals surface area contributed by atoms with Crippen molar-refractivity contribution in [2.45, 2.75) is 77.7 Å². The third kappa shape index (κ3) is 8.63. The van der Waals surface area contributed by atoms with Crippen molar-refractivity contribution in [3.05, 3.63) is 24.5 Å². The third-order valence-corrected chi connectivity index (χ3v) is 3.69. The lowest BCUT2D eigenvalue weighted by Crippen LogP contribution is -2.32. The fraction of sp³-hybridized carbons (Fsp3) is 0.706. The maximum Gasteiger partial charge on any atom is 0.170 e. The van der Waals surface area contributed by atoms with Crippen LogP contribution in [0.25, 0.3) is 0 Å². The number of pyridine rings is 1. The molecular weight excluding hydrogens is 232 g/mol. The second-order valence-electron chi connectivity index (χ2n) is 5.55. The first-order valence-corrected chi connectivity index (χ1v) is 8.07. The molecule has 0 aliphatic heterocycles. The first-order chi connectivity index (χ1) is 9.33. The molecule has 1 rings (SSSR count). The molecule has 1 heterocycles. The van der Waals surface area contributed by atoms with E-state index in [1.54, 1.807) is 0 Å². The summed E-state index contributed by atoms with van der Waals surface area (Å²) in [6.07, 6.45) is 18.1. The Kier molecular flexibility index (Phi) is 9.13. The van der Waals surface area contributed by atoms with E-state index in [1.165, 1.54) is 64.2 Å². The minimum absolute atomic E-state index is 0.847. The van der Waals surface area contributed by atoms with Gasteiger partial charge in [-0.2, -0.15) is 0 Å². The van der Waals surface area contributed by atoms with Crippen LogP contribution < -0.4 is 10.3 Å². The molecule has 0 unspecified atom stereocenters. The lowest BCUT2D eigenvalue weighted by atomic mass is 10.1. The Morgan fingerprint density at radius 3 is 1.79 bits per heavy atom. The summed E-state index contributed by atoms with van der Waals surface area (Å²) < 4.78 is 2.22. The number of aryl methyl sites for hydroxylation is 1. The summed E-state index contributed by atoms with van der Waals surface area (Å²) in [7, 11) is 0. The molecular formula is C17H31N2+. The molecule has 1 aromatic heterocycles. The average Bonchev–Trinajstić information content (AvgIpc) is 2.43. The molecule has 2 N–H and O–H groups in total. The second kappa shape index (κ2) is 10.8. The Bertz CT molecular complexity index is 306. The zero-order chi connectivity index (χ0) is 13.8. The zero-order valence-corrected chi connectivity index (χ0v) is 12.6. The van der Waals surface area contributed by atoms with Crippen molar-refractivity contribution in [1.29, 1.82) is 0 Å². The highest BCUT2D eigenvalue weighted by Crippen LogP contribution is 2.10. The van der Waals surface area contributed by atoms with E-state index in [0.29, 0.717) is 0 Å². The van der Waals surface area contributed by atoms with E-state index in [-0.39, 0.29) is 0 Å². The quantitative estimate of drug-likeness (QED) is 0.463. The second-order valence-corrected chi connectivity index (χ2v) is 5.55. The highest BCUT2D eigenvalue weighted by atomic mass is 14.9. The molecule has 0 radical (unpaired) electrons. The van der Waals surface area contributed by atoms with E-state index in [4.69, 9.17) is 5.73 Å². The molecule has 1 aromatic rings. The predicted octanol–water partition coefficient (Wildman–Crippen LogP) is 4.48. The first-order valence-electron chi connectivity index (χ1n) is 8.07. The zero-order valence-electron chi connectivity index (χ0n) is 12.6. The third-order valence-electron chi connectivity index (χ3n) is 3.69. The standard InChI is InChI=1S/C17H30N2/c1-2-3-4-5-6-7-8-9-10-11-14-19-15-12-17(18)13-16-19/h12-13,15-16,18H,2-11,14H2,1H3/p+1. The van der Waals surface area contributed by atoms with E-state index < -0.39 is 0 Å². The SMILES string of the molecule is CCCCCCCCCCCC[n+]1ccc(N)cc1. The minimum atomic E-state index is 0.847. The van der Waals surface area contributed by atoms with E-state index in [1.807, 2.05) is 12.1 Å². The number of hydrogen-bond acceptors (Lipinski definition) is 1. The van der Waals surface area contributed by atoms with Crippen LogP contribution in [0.2, 0.25) is 0 Å². The minimum Gasteiger partial charge on any atom is -0.398 e. The number of rotatable bonds is 11. The number of hydrogen-bond donors (Lipinski definition) is 1. The molecule has 0 fully saturated rings. The molecule has 0 atom stereocenters. The molecule has 0 amide bonds. The van der Waals surface area contributed by atoms with Crippen LogP contribution in [0.5, 0.6) is 0 Å². The van der Waals surface area contributed by atoms with Crippen LogP contribution in [0.1, 0.15) is 71.1 Å². The van der Waals surface area contributed by atoms with E-state index in [0.717, 1.165) is 12.2 Å². The van der Waals surface area contributed by atoms with Crippen molar-refractivity contribution >= 4 is 5.69 Å². The fourth-order valence-corrected chi connectivity index (χ4v) is 2.40. The van der Waals surface area contributed by atoms with E-state index in [2.05, 4.69) is 23.9 Å². The molecule has 0 bridgehead atoms. The van der Waals surface area contributed by atoms with Crippen molar-refractivity contribution in [2.24, 2.45) is 0 Å². The van der Waals surface area contributed by atoms with Gasteiger partial charge in [0.2, 0.25) is 0 Å². The van der Waals surface area contributed by atoms with Gasteiger partial charge in [0.25, 0.3) is 0 Å². The van der Waals surface area contributed by atoms with Crippen LogP contribution >= 0.6 is 0 Å². The topological polar surface area (TPSA) is 29.9 Å². The Hall–Kier alpha value is -1.05. The van der Waals surface area contributed by atoms with Gasteiger partial charge in [0.1, 0.15) is 6.54 Å². The van der Waals surface area contributed by atoms with Crippen LogP contribution in [0.4, 0.5) is 5.69 Å². The fourth-order valence-electron chi connectivity index (χ4n) is 2.40. The van der Waals surface area contributed by atoms with Gasteiger partial charge < -0.3 is 5.73 Å². The highest BCUT2D eigenvalue weighted by molar-refractivity contribution is 5.32. The average molecular weight is 263 g/mol. The number of nitrogens with two attached hydrogens (primary N) is 1.